The topological polar surface area (TPSA) is 80.9 Å². The first kappa shape index (κ1) is 12.6. The molecule has 0 amide bonds. The molecule has 2 rings (SSSR count). The quantitative estimate of drug-likeness (QED) is 0.811. The second-order valence-electron chi connectivity index (χ2n) is 3.65. The van der Waals surface area contributed by atoms with E-state index >= 15 is 0 Å². The molecule has 18 heavy (non-hydrogen) atoms. The minimum atomic E-state index is -0.864. The number of aryl methyl sites for hydroxylation is 1. The minimum absolute atomic E-state index is 0.0150. The highest BCUT2D eigenvalue weighted by Gasteiger charge is 2.10. The average Bonchev–Trinajstić information content (AvgIpc) is 2.68. The largest absolute Gasteiger partial charge is 0.481 e. The standard InChI is InChI=1S/C11H12N4O2S/c1-15-11(18-7-10(16)17)13-9(14-15)5-8-3-2-4-12-6-8/h2-4,6H,5,7H2,1H3,(H,16,17). The molecule has 0 aliphatic rings. The molecule has 1 N–H and O–H groups in total. The van der Waals surface area contributed by atoms with Crippen LogP contribution in [0.4, 0.5) is 0 Å². The van der Waals surface area contributed by atoms with Gasteiger partial charge in [-0.15, -0.1) is 0 Å². The van der Waals surface area contributed by atoms with Gasteiger partial charge in [-0.1, -0.05) is 17.8 Å². The van der Waals surface area contributed by atoms with Gasteiger partial charge in [-0.05, 0) is 11.6 Å². The summed E-state index contributed by atoms with van der Waals surface area (Å²) in [7, 11) is 1.75. The van der Waals surface area contributed by atoms with Crippen LogP contribution in [0, 0.1) is 0 Å². The van der Waals surface area contributed by atoms with E-state index in [-0.39, 0.29) is 5.75 Å². The van der Waals surface area contributed by atoms with E-state index in [1.165, 1.54) is 0 Å². The molecule has 0 spiro atoms. The fourth-order valence-electron chi connectivity index (χ4n) is 1.43. The molecular formula is C11H12N4O2S. The molecule has 0 aromatic carbocycles. The summed E-state index contributed by atoms with van der Waals surface area (Å²) >= 11 is 1.16. The smallest absolute Gasteiger partial charge is 0.313 e. The minimum Gasteiger partial charge on any atom is -0.481 e. The molecule has 2 aromatic rings. The van der Waals surface area contributed by atoms with Crippen molar-refractivity contribution in [1.82, 2.24) is 19.7 Å². The lowest BCUT2D eigenvalue weighted by atomic mass is 10.2. The third-order valence-corrected chi connectivity index (χ3v) is 3.18. The highest BCUT2D eigenvalue weighted by atomic mass is 32.2. The second kappa shape index (κ2) is 5.63. The number of thioether (sulfide) groups is 1. The normalized spacial score (nSPS) is 10.5. The number of rotatable bonds is 5. The lowest BCUT2D eigenvalue weighted by Crippen LogP contribution is -2.00. The number of carboxylic acid groups (broad SMARTS) is 1. The fraction of sp³-hybridized carbons (Fsp3) is 0.273. The van der Waals surface area contributed by atoms with Crippen molar-refractivity contribution in [2.75, 3.05) is 5.75 Å². The molecule has 0 radical (unpaired) electrons. The molecular weight excluding hydrogens is 252 g/mol. The summed E-state index contributed by atoms with van der Waals surface area (Å²) in [5.74, 6) is -0.214. The summed E-state index contributed by atoms with van der Waals surface area (Å²) in [4.78, 5) is 18.8. The second-order valence-corrected chi connectivity index (χ2v) is 4.60. The lowest BCUT2D eigenvalue weighted by molar-refractivity contribution is -0.133. The zero-order valence-corrected chi connectivity index (χ0v) is 10.6. The Labute approximate surface area is 108 Å². The van der Waals surface area contributed by atoms with E-state index in [1.54, 1.807) is 24.1 Å². The van der Waals surface area contributed by atoms with E-state index < -0.39 is 5.97 Å². The zero-order chi connectivity index (χ0) is 13.0. The lowest BCUT2D eigenvalue weighted by Gasteiger charge is -1.94. The predicted molar refractivity (Wildman–Crippen MR) is 66.4 cm³/mol. The van der Waals surface area contributed by atoms with Gasteiger partial charge in [0.1, 0.15) is 0 Å². The Morgan fingerprint density at radius 3 is 3.06 bits per heavy atom. The maximum Gasteiger partial charge on any atom is 0.313 e. The van der Waals surface area contributed by atoms with Crippen molar-refractivity contribution in [1.29, 1.82) is 0 Å². The van der Waals surface area contributed by atoms with Crippen molar-refractivity contribution in [2.24, 2.45) is 7.05 Å². The summed E-state index contributed by atoms with van der Waals surface area (Å²) in [6.07, 6.45) is 4.07. The summed E-state index contributed by atoms with van der Waals surface area (Å²) < 4.78 is 1.60. The van der Waals surface area contributed by atoms with Gasteiger partial charge in [0.25, 0.3) is 0 Å². The van der Waals surface area contributed by atoms with Crippen LogP contribution in [0.1, 0.15) is 11.4 Å². The molecule has 0 aliphatic heterocycles. The Hall–Kier alpha value is -1.89. The molecule has 0 saturated heterocycles. The molecule has 0 bridgehead atoms. The molecule has 0 saturated carbocycles. The molecule has 2 aromatic heterocycles. The Morgan fingerprint density at radius 1 is 1.56 bits per heavy atom. The van der Waals surface area contributed by atoms with Gasteiger partial charge in [-0.25, -0.2) is 9.67 Å². The summed E-state index contributed by atoms with van der Waals surface area (Å²) in [6, 6.07) is 3.81. The van der Waals surface area contributed by atoms with Crippen LogP contribution in [0.5, 0.6) is 0 Å². The number of aliphatic carboxylic acids is 1. The Kier molecular flexibility index (Phi) is 3.93. The van der Waals surface area contributed by atoms with Crippen molar-refractivity contribution in [3.05, 3.63) is 35.9 Å². The van der Waals surface area contributed by atoms with Crippen LogP contribution < -0.4 is 0 Å². The number of hydrogen-bond acceptors (Lipinski definition) is 5. The van der Waals surface area contributed by atoms with Crippen LogP contribution in [0.2, 0.25) is 0 Å². The van der Waals surface area contributed by atoms with Gasteiger partial charge >= 0.3 is 5.97 Å². The van der Waals surface area contributed by atoms with Crippen molar-refractivity contribution in [2.45, 2.75) is 11.6 Å². The van der Waals surface area contributed by atoms with Crippen LogP contribution in [-0.2, 0) is 18.3 Å². The first-order valence-corrected chi connectivity index (χ1v) is 6.27. The molecule has 0 atom stereocenters. The number of nitrogens with zero attached hydrogens (tertiary/aromatic N) is 4. The van der Waals surface area contributed by atoms with E-state index in [0.29, 0.717) is 17.4 Å². The highest BCUT2D eigenvalue weighted by molar-refractivity contribution is 7.99. The fourth-order valence-corrected chi connectivity index (χ4v) is 2.08. The van der Waals surface area contributed by atoms with Crippen LogP contribution in [0.15, 0.2) is 29.7 Å². The Morgan fingerprint density at radius 2 is 2.39 bits per heavy atom. The van der Waals surface area contributed by atoms with Crippen LogP contribution >= 0.6 is 11.8 Å². The van der Waals surface area contributed by atoms with Gasteiger partial charge in [0.15, 0.2) is 11.0 Å². The number of pyridine rings is 1. The van der Waals surface area contributed by atoms with Crippen molar-refractivity contribution in [3.8, 4) is 0 Å². The van der Waals surface area contributed by atoms with E-state index in [4.69, 9.17) is 5.11 Å². The molecule has 6 nitrogen and oxygen atoms in total. The number of carbonyl (C=O) groups is 1. The summed E-state index contributed by atoms with van der Waals surface area (Å²) in [6.45, 7) is 0. The number of carboxylic acids is 1. The van der Waals surface area contributed by atoms with Crippen LogP contribution in [0.25, 0.3) is 0 Å². The van der Waals surface area contributed by atoms with Gasteiger partial charge in [-0.3, -0.25) is 9.78 Å². The number of aromatic nitrogens is 4. The molecule has 0 unspecified atom stereocenters. The van der Waals surface area contributed by atoms with Crippen molar-refractivity contribution >= 4 is 17.7 Å². The van der Waals surface area contributed by atoms with E-state index in [1.807, 2.05) is 12.1 Å². The van der Waals surface area contributed by atoms with Crippen molar-refractivity contribution < 1.29 is 9.90 Å². The SMILES string of the molecule is Cn1nc(Cc2cccnc2)nc1SCC(=O)O. The Bertz CT molecular complexity index is 541. The van der Waals surface area contributed by atoms with Gasteiger partial charge in [-0.2, -0.15) is 5.10 Å². The number of hydrogen-bond donors (Lipinski definition) is 1. The van der Waals surface area contributed by atoms with Gasteiger partial charge in [0.2, 0.25) is 0 Å². The maximum atomic E-state index is 10.5. The summed E-state index contributed by atoms with van der Waals surface area (Å²) in [5.41, 5.74) is 1.03. The highest BCUT2D eigenvalue weighted by Crippen LogP contribution is 2.15. The Balaban J connectivity index is 2.06. The molecule has 0 fully saturated rings. The van der Waals surface area contributed by atoms with Gasteiger partial charge in [0, 0.05) is 25.9 Å². The molecule has 2 heterocycles. The van der Waals surface area contributed by atoms with Crippen LogP contribution in [-0.4, -0.2) is 36.6 Å². The summed E-state index contributed by atoms with van der Waals surface area (Å²) in [5, 5.41) is 13.5. The zero-order valence-electron chi connectivity index (χ0n) is 9.78. The predicted octanol–water partition coefficient (Wildman–Crippen LogP) is 0.978. The van der Waals surface area contributed by atoms with Crippen molar-refractivity contribution in [3.63, 3.8) is 0 Å². The van der Waals surface area contributed by atoms with Crippen LogP contribution in [0.3, 0.4) is 0 Å². The third kappa shape index (κ3) is 3.30. The molecule has 7 heteroatoms. The van der Waals surface area contributed by atoms with Gasteiger partial charge < -0.3 is 5.11 Å². The average molecular weight is 264 g/mol. The first-order chi connectivity index (χ1) is 8.65. The molecule has 94 valence electrons. The maximum absolute atomic E-state index is 10.5. The van der Waals surface area contributed by atoms with Gasteiger partial charge in [0.05, 0.1) is 5.75 Å². The third-order valence-electron chi connectivity index (χ3n) is 2.18. The van der Waals surface area contributed by atoms with E-state index in [0.717, 1.165) is 17.3 Å². The van der Waals surface area contributed by atoms with E-state index in [2.05, 4.69) is 15.1 Å². The molecule has 0 aliphatic carbocycles. The first-order valence-electron chi connectivity index (χ1n) is 5.28. The monoisotopic (exact) mass is 264 g/mol. The van der Waals surface area contributed by atoms with E-state index in [9.17, 15) is 4.79 Å².